The first-order valence-electron chi connectivity index (χ1n) is 8.18. The minimum atomic E-state index is -0.756. The molecule has 0 aromatic rings. The summed E-state index contributed by atoms with van der Waals surface area (Å²) in [7, 11) is 0. The fourth-order valence-corrected chi connectivity index (χ4v) is 4.17. The Morgan fingerprint density at radius 3 is 2.57 bits per heavy atom. The van der Waals surface area contributed by atoms with Gasteiger partial charge in [-0.25, -0.2) is 4.79 Å². The van der Waals surface area contributed by atoms with E-state index in [9.17, 15) is 14.7 Å². The highest BCUT2D eigenvalue weighted by atomic mass is 16.4. The Labute approximate surface area is 125 Å². The predicted octanol–water partition coefficient (Wildman–Crippen LogP) is 1.12. The molecule has 0 radical (unpaired) electrons. The van der Waals surface area contributed by atoms with Crippen molar-refractivity contribution in [2.75, 3.05) is 26.2 Å². The highest BCUT2D eigenvalue weighted by molar-refractivity contribution is 5.79. The molecule has 3 aliphatic heterocycles. The Morgan fingerprint density at radius 1 is 1.14 bits per heavy atom. The van der Waals surface area contributed by atoms with E-state index >= 15 is 0 Å². The van der Waals surface area contributed by atoms with Gasteiger partial charge in [0.15, 0.2) is 0 Å². The van der Waals surface area contributed by atoms with Gasteiger partial charge in [0.05, 0.1) is 5.92 Å². The normalized spacial score (nSPS) is 32.4. The Balaban J connectivity index is 1.46. The fraction of sp³-hybridized carbons (Fsp3) is 0.867. The van der Waals surface area contributed by atoms with Crippen LogP contribution in [0.3, 0.4) is 0 Å². The summed E-state index contributed by atoms with van der Waals surface area (Å²) in [5, 5.41) is 12.2. The van der Waals surface area contributed by atoms with E-state index in [4.69, 9.17) is 0 Å². The van der Waals surface area contributed by atoms with Crippen LogP contribution in [0.15, 0.2) is 0 Å². The lowest BCUT2D eigenvalue weighted by Gasteiger charge is -2.28. The predicted molar refractivity (Wildman–Crippen MR) is 78.1 cm³/mol. The van der Waals surface area contributed by atoms with Crippen LogP contribution >= 0.6 is 0 Å². The molecule has 3 aliphatic rings. The van der Waals surface area contributed by atoms with E-state index in [1.54, 1.807) is 4.90 Å². The number of amides is 2. The second-order valence-electron chi connectivity index (χ2n) is 6.52. The molecule has 2 amide bonds. The van der Waals surface area contributed by atoms with Crippen LogP contribution in [-0.4, -0.2) is 65.2 Å². The molecule has 2 bridgehead atoms. The summed E-state index contributed by atoms with van der Waals surface area (Å²) in [6, 6.07) is -0.0307. The van der Waals surface area contributed by atoms with E-state index in [0.717, 1.165) is 32.5 Å². The number of likely N-dealkylation sites (tertiary alicyclic amines) is 1. The molecule has 0 saturated carbocycles. The number of hydrogen-bond acceptors (Lipinski definition) is 3. The maximum Gasteiger partial charge on any atom is 0.317 e. The van der Waals surface area contributed by atoms with Crippen LogP contribution in [0, 0.1) is 5.92 Å². The first-order chi connectivity index (χ1) is 10.2. The number of carboxylic acids is 1. The molecule has 3 rings (SSSR count). The van der Waals surface area contributed by atoms with E-state index in [0.29, 0.717) is 13.0 Å². The zero-order valence-corrected chi connectivity index (χ0v) is 12.5. The van der Waals surface area contributed by atoms with Crippen molar-refractivity contribution in [2.45, 2.75) is 50.6 Å². The number of carbonyl (C=O) groups is 2. The van der Waals surface area contributed by atoms with Gasteiger partial charge in [-0.1, -0.05) is 6.42 Å². The first-order valence-corrected chi connectivity index (χ1v) is 8.18. The fourth-order valence-electron chi connectivity index (χ4n) is 4.17. The Bertz CT molecular complexity index is 409. The van der Waals surface area contributed by atoms with Gasteiger partial charge < -0.3 is 20.2 Å². The Kier molecular flexibility index (Phi) is 4.33. The van der Waals surface area contributed by atoms with Gasteiger partial charge >= 0.3 is 12.0 Å². The molecule has 0 aromatic carbocycles. The molecule has 3 saturated heterocycles. The van der Waals surface area contributed by atoms with Gasteiger partial charge in [0.2, 0.25) is 0 Å². The lowest BCUT2D eigenvalue weighted by Crippen LogP contribution is -2.46. The van der Waals surface area contributed by atoms with E-state index < -0.39 is 5.97 Å². The largest absolute Gasteiger partial charge is 0.481 e. The summed E-state index contributed by atoms with van der Waals surface area (Å²) in [4.78, 5) is 27.7. The maximum absolute atomic E-state index is 12.3. The van der Waals surface area contributed by atoms with Gasteiger partial charge in [-0.15, -0.1) is 0 Å². The summed E-state index contributed by atoms with van der Waals surface area (Å²) in [6.07, 6.45) is 6.24. The number of hydrogen-bond donors (Lipinski definition) is 2. The monoisotopic (exact) mass is 295 g/mol. The maximum atomic E-state index is 12.3. The third-order valence-corrected chi connectivity index (χ3v) is 5.24. The quantitative estimate of drug-likeness (QED) is 0.815. The number of nitrogens with zero attached hydrogens (tertiary/aromatic N) is 2. The molecule has 3 unspecified atom stereocenters. The Hall–Kier alpha value is -1.30. The van der Waals surface area contributed by atoms with E-state index in [-0.39, 0.29) is 24.0 Å². The lowest BCUT2D eigenvalue weighted by molar-refractivity contribution is -0.142. The standard InChI is InChI=1S/C15H25N3O3/c19-14(20)12-10-11-4-5-13(12)18(11)15(21)16-6-9-17-7-2-1-3-8-17/h11-13H,1-10H2,(H,16,21)(H,19,20). The number of urea groups is 1. The van der Waals surface area contributed by atoms with Crippen LogP contribution in [0.25, 0.3) is 0 Å². The van der Waals surface area contributed by atoms with Crippen molar-refractivity contribution in [3.63, 3.8) is 0 Å². The summed E-state index contributed by atoms with van der Waals surface area (Å²) in [6.45, 7) is 3.82. The zero-order chi connectivity index (χ0) is 14.8. The number of piperidine rings is 1. The molecular formula is C15H25N3O3. The van der Waals surface area contributed by atoms with Crippen molar-refractivity contribution < 1.29 is 14.7 Å². The summed E-state index contributed by atoms with van der Waals surface area (Å²) in [5.41, 5.74) is 0. The van der Waals surface area contributed by atoms with Crippen molar-refractivity contribution in [3.05, 3.63) is 0 Å². The van der Waals surface area contributed by atoms with Crippen LogP contribution in [-0.2, 0) is 4.79 Å². The topological polar surface area (TPSA) is 72.9 Å². The summed E-state index contributed by atoms with van der Waals surface area (Å²) >= 11 is 0. The van der Waals surface area contributed by atoms with Crippen molar-refractivity contribution in [3.8, 4) is 0 Å². The summed E-state index contributed by atoms with van der Waals surface area (Å²) < 4.78 is 0. The molecule has 0 spiro atoms. The first kappa shape index (κ1) is 14.6. The van der Waals surface area contributed by atoms with Gasteiger partial charge in [0.25, 0.3) is 0 Å². The lowest BCUT2D eigenvalue weighted by atomic mass is 9.89. The minimum Gasteiger partial charge on any atom is -0.481 e. The van der Waals surface area contributed by atoms with Crippen LogP contribution < -0.4 is 5.32 Å². The second-order valence-corrected chi connectivity index (χ2v) is 6.52. The van der Waals surface area contributed by atoms with Crippen molar-refractivity contribution in [2.24, 2.45) is 5.92 Å². The highest BCUT2D eigenvalue weighted by Gasteiger charge is 2.51. The van der Waals surface area contributed by atoms with E-state index in [2.05, 4.69) is 10.2 Å². The molecule has 2 N–H and O–H groups in total. The van der Waals surface area contributed by atoms with E-state index in [1.165, 1.54) is 19.3 Å². The van der Waals surface area contributed by atoms with Gasteiger partial charge in [0.1, 0.15) is 0 Å². The zero-order valence-electron chi connectivity index (χ0n) is 12.5. The third-order valence-electron chi connectivity index (χ3n) is 5.24. The highest BCUT2D eigenvalue weighted by Crippen LogP contribution is 2.41. The van der Waals surface area contributed by atoms with E-state index in [1.807, 2.05) is 0 Å². The molecule has 21 heavy (non-hydrogen) atoms. The number of carboxylic acid groups (broad SMARTS) is 1. The molecule has 6 heteroatoms. The van der Waals surface area contributed by atoms with Crippen molar-refractivity contribution >= 4 is 12.0 Å². The van der Waals surface area contributed by atoms with Gasteiger partial charge in [0, 0.05) is 25.2 Å². The molecule has 118 valence electrons. The molecule has 6 nitrogen and oxygen atoms in total. The third kappa shape index (κ3) is 3.00. The smallest absolute Gasteiger partial charge is 0.317 e. The number of fused-ring (bicyclic) bond motifs is 2. The number of carbonyl (C=O) groups excluding carboxylic acids is 1. The van der Waals surface area contributed by atoms with Gasteiger partial charge in [-0.2, -0.15) is 0 Å². The molecule has 3 atom stereocenters. The number of aliphatic carboxylic acids is 1. The number of nitrogens with one attached hydrogen (secondary N) is 1. The Morgan fingerprint density at radius 2 is 1.90 bits per heavy atom. The van der Waals surface area contributed by atoms with Crippen LogP contribution in [0.4, 0.5) is 4.79 Å². The molecule has 3 heterocycles. The minimum absolute atomic E-state index is 0.0664. The van der Waals surface area contributed by atoms with Crippen LogP contribution in [0.5, 0.6) is 0 Å². The summed E-state index contributed by atoms with van der Waals surface area (Å²) in [5.74, 6) is -1.12. The average molecular weight is 295 g/mol. The van der Waals surface area contributed by atoms with Crippen molar-refractivity contribution in [1.82, 2.24) is 15.1 Å². The van der Waals surface area contributed by atoms with Crippen molar-refractivity contribution in [1.29, 1.82) is 0 Å². The number of rotatable bonds is 4. The molecule has 0 aliphatic carbocycles. The van der Waals surface area contributed by atoms with Gasteiger partial charge in [-0.05, 0) is 45.2 Å². The SMILES string of the molecule is O=C(O)C1CC2CCC1N2C(=O)NCCN1CCCCC1. The van der Waals surface area contributed by atoms with Crippen LogP contribution in [0.1, 0.15) is 38.5 Å². The molecular weight excluding hydrogens is 270 g/mol. The second kappa shape index (κ2) is 6.22. The molecule has 3 fully saturated rings. The van der Waals surface area contributed by atoms with Gasteiger partial charge in [-0.3, -0.25) is 4.79 Å². The molecule has 0 aromatic heterocycles. The van der Waals surface area contributed by atoms with Crippen LogP contribution in [0.2, 0.25) is 0 Å². The average Bonchev–Trinajstić information content (AvgIpc) is 3.06.